The van der Waals surface area contributed by atoms with Gasteiger partial charge < -0.3 is 11.1 Å². The molecule has 0 saturated carbocycles. The van der Waals surface area contributed by atoms with Crippen LogP contribution >= 0.6 is 0 Å². The van der Waals surface area contributed by atoms with Gasteiger partial charge in [0.1, 0.15) is 0 Å². The molecule has 14 heavy (non-hydrogen) atoms. The van der Waals surface area contributed by atoms with Crippen LogP contribution in [0.2, 0.25) is 0 Å². The van der Waals surface area contributed by atoms with Crippen LogP contribution in [0.4, 0.5) is 11.5 Å². The average Bonchev–Trinajstić information content (AvgIpc) is 2.37. The van der Waals surface area contributed by atoms with E-state index in [2.05, 4.69) is 22.2 Å². The number of nitrogens with two attached hydrogens (primary N) is 1. The van der Waals surface area contributed by atoms with Gasteiger partial charge in [-0.3, -0.25) is 9.58 Å². The van der Waals surface area contributed by atoms with Crippen molar-refractivity contribution in [2.45, 2.75) is 13.0 Å². The molecule has 0 aliphatic carbocycles. The SMILES string of the molecule is CCN1CC(Nc2nn(C)cc2N)C1. The molecular formula is C9H17N5. The highest BCUT2D eigenvalue weighted by Gasteiger charge is 2.25. The Morgan fingerprint density at radius 1 is 1.64 bits per heavy atom. The Bertz CT molecular complexity index is 313. The van der Waals surface area contributed by atoms with Crippen LogP contribution in [0.3, 0.4) is 0 Å². The van der Waals surface area contributed by atoms with E-state index in [0.29, 0.717) is 6.04 Å². The highest BCUT2D eigenvalue weighted by molar-refractivity contribution is 5.60. The number of nitrogen functional groups attached to an aromatic ring is 1. The number of nitrogens with one attached hydrogen (secondary N) is 1. The predicted octanol–water partition coefficient (Wildman–Crippen LogP) is 0.118. The molecule has 1 saturated heterocycles. The standard InChI is InChI=1S/C9H17N5/c1-3-14-4-7(5-14)11-9-8(10)6-13(2)12-9/h6-7H,3-5,10H2,1-2H3,(H,11,12). The van der Waals surface area contributed by atoms with E-state index in [4.69, 9.17) is 5.73 Å². The number of rotatable bonds is 3. The molecule has 0 unspecified atom stereocenters. The lowest BCUT2D eigenvalue weighted by Gasteiger charge is -2.38. The minimum absolute atomic E-state index is 0.507. The van der Waals surface area contributed by atoms with Gasteiger partial charge in [-0.2, -0.15) is 5.10 Å². The van der Waals surface area contributed by atoms with Gasteiger partial charge in [-0.05, 0) is 6.54 Å². The Kier molecular flexibility index (Phi) is 2.33. The van der Waals surface area contributed by atoms with Crippen molar-refractivity contribution < 1.29 is 0 Å². The molecule has 0 radical (unpaired) electrons. The fourth-order valence-electron chi connectivity index (χ4n) is 1.73. The molecule has 0 amide bonds. The van der Waals surface area contributed by atoms with Gasteiger partial charge in [-0.25, -0.2) is 0 Å². The van der Waals surface area contributed by atoms with Crippen molar-refractivity contribution in [1.82, 2.24) is 14.7 Å². The Labute approximate surface area is 83.9 Å². The van der Waals surface area contributed by atoms with Crippen molar-refractivity contribution in [1.29, 1.82) is 0 Å². The number of aromatic nitrogens is 2. The van der Waals surface area contributed by atoms with E-state index >= 15 is 0 Å². The van der Waals surface area contributed by atoms with Gasteiger partial charge in [-0.15, -0.1) is 0 Å². The Morgan fingerprint density at radius 3 is 2.86 bits per heavy atom. The van der Waals surface area contributed by atoms with Crippen LogP contribution in [0.1, 0.15) is 6.92 Å². The van der Waals surface area contributed by atoms with Crippen LogP contribution in [-0.2, 0) is 7.05 Å². The Hall–Kier alpha value is -1.23. The molecule has 1 aromatic heterocycles. The van der Waals surface area contributed by atoms with Crippen molar-refractivity contribution in [2.24, 2.45) is 7.05 Å². The van der Waals surface area contributed by atoms with E-state index in [9.17, 15) is 0 Å². The zero-order chi connectivity index (χ0) is 10.1. The molecule has 0 atom stereocenters. The molecule has 1 aromatic rings. The zero-order valence-electron chi connectivity index (χ0n) is 8.70. The van der Waals surface area contributed by atoms with Crippen LogP contribution in [0.15, 0.2) is 6.20 Å². The summed E-state index contributed by atoms with van der Waals surface area (Å²) in [5.41, 5.74) is 6.50. The van der Waals surface area contributed by atoms with Crippen LogP contribution < -0.4 is 11.1 Å². The van der Waals surface area contributed by atoms with Crippen molar-refractivity contribution in [3.63, 3.8) is 0 Å². The first kappa shape index (κ1) is 9.33. The van der Waals surface area contributed by atoms with E-state index in [-0.39, 0.29) is 0 Å². The molecule has 1 fully saturated rings. The van der Waals surface area contributed by atoms with Crippen molar-refractivity contribution in [2.75, 3.05) is 30.7 Å². The normalized spacial score (nSPS) is 18.1. The first-order valence-electron chi connectivity index (χ1n) is 4.97. The first-order valence-corrected chi connectivity index (χ1v) is 4.97. The summed E-state index contributed by atoms with van der Waals surface area (Å²) in [5.74, 6) is 0.813. The Balaban J connectivity index is 1.90. The maximum absolute atomic E-state index is 5.78. The molecule has 5 nitrogen and oxygen atoms in total. The predicted molar refractivity (Wildman–Crippen MR) is 57.1 cm³/mol. The van der Waals surface area contributed by atoms with Gasteiger partial charge >= 0.3 is 0 Å². The lowest BCUT2D eigenvalue weighted by molar-refractivity contribution is 0.171. The summed E-state index contributed by atoms with van der Waals surface area (Å²) in [4.78, 5) is 2.37. The van der Waals surface area contributed by atoms with Crippen LogP contribution in [0.25, 0.3) is 0 Å². The topological polar surface area (TPSA) is 59.1 Å². The maximum Gasteiger partial charge on any atom is 0.171 e. The van der Waals surface area contributed by atoms with Gasteiger partial charge in [0.25, 0.3) is 0 Å². The number of likely N-dealkylation sites (N-methyl/N-ethyl adjacent to an activating group) is 1. The second kappa shape index (κ2) is 3.49. The lowest BCUT2D eigenvalue weighted by Crippen LogP contribution is -2.54. The van der Waals surface area contributed by atoms with E-state index in [0.717, 1.165) is 31.1 Å². The van der Waals surface area contributed by atoms with E-state index in [1.807, 2.05) is 13.2 Å². The minimum Gasteiger partial charge on any atom is -0.394 e. The highest BCUT2D eigenvalue weighted by atomic mass is 15.3. The number of likely N-dealkylation sites (tertiary alicyclic amines) is 1. The van der Waals surface area contributed by atoms with Crippen molar-refractivity contribution >= 4 is 11.5 Å². The largest absolute Gasteiger partial charge is 0.394 e. The number of hydrogen-bond acceptors (Lipinski definition) is 4. The molecule has 0 aromatic carbocycles. The quantitative estimate of drug-likeness (QED) is 0.719. The van der Waals surface area contributed by atoms with Gasteiger partial charge in [0, 0.05) is 26.3 Å². The zero-order valence-corrected chi connectivity index (χ0v) is 8.70. The molecule has 0 spiro atoms. The summed E-state index contributed by atoms with van der Waals surface area (Å²) in [6.07, 6.45) is 1.82. The summed E-state index contributed by atoms with van der Waals surface area (Å²) in [6.45, 7) is 5.47. The third-order valence-corrected chi connectivity index (χ3v) is 2.60. The fraction of sp³-hybridized carbons (Fsp3) is 0.667. The second-order valence-electron chi connectivity index (χ2n) is 3.80. The summed E-state index contributed by atoms with van der Waals surface area (Å²) in [7, 11) is 1.88. The monoisotopic (exact) mass is 195 g/mol. The summed E-state index contributed by atoms with van der Waals surface area (Å²) in [5, 5.41) is 7.58. The van der Waals surface area contributed by atoms with Gasteiger partial charge in [0.2, 0.25) is 0 Å². The number of hydrogen-bond donors (Lipinski definition) is 2. The maximum atomic E-state index is 5.78. The third-order valence-electron chi connectivity index (χ3n) is 2.60. The first-order chi connectivity index (χ1) is 6.69. The molecule has 5 heteroatoms. The Morgan fingerprint density at radius 2 is 2.36 bits per heavy atom. The lowest BCUT2D eigenvalue weighted by atomic mass is 10.1. The van der Waals surface area contributed by atoms with Crippen LogP contribution in [-0.4, -0.2) is 40.4 Å². The van der Waals surface area contributed by atoms with Crippen molar-refractivity contribution in [3.05, 3.63) is 6.20 Å². The molecule has 2 heterocycles. The molecule has 0 bridgehead atoms. The number of nitrogens with zero attached hydrogens (tertiary/aromatic N) is 3. The molecule has 2 rings (SSSR count). The fourth-order valence-corrected chi connectivity index (χ4v) is 1.73. The van der Waals surface area contributed by atoms with E-state index in [1.165, 1.54) is 0 Å². The van der Waals surface area contributed by atoms with Gasteiger partial charge in [0.05, 0.1) is 11.7 Å². The van der Waals surface area contributed by atoms with Gasteiger partial charge in [-0.1, -0.05) is 6.92 Å². The number of anilines is 2. The second-order valence-corrected chi connectivity index (χ2v) is 3.80. The van der Waals surface area contributed by atoms with Crippen LogP contribution in [0, 0.1) is 0 Å². The molecule has 78 valence electrons. The minimum atomic E-state index is 0.507. The van der Waals surface area contributed by atoms with E-state index in [1.54, 1.807) is 4.68 Å². The smallest absolute Gasteiger partial charge is 0.171 e. The van der Waals surface area contributed by atoms with Gasteiger partial charge in [0.15, 0.2) is 5.82 Å². The average molecular weight is 195 g/mol. The molecule has 1 aliphatic heterocycles. The summed E-state index contributed by atoms with van der Waals surface area (Å²) in [6, 6.07) is 0.507. The molecule has 1 aliphatic rings. The van der Waals surface area contributed by atoms with Crippen molar-refractivity contribution in [3.8, 4) is 0 Å². The molecule has 3 N–H and O–H groups in total. The van der Waals surface area contributed by atoms with E-state index < -0.39 is 0 Å². The summed E-state index contributed by atoms with van der Waals surface area (Å²) < 4.78 is 1.73. The number of aryl methyl sites for hydroxylation is 1. The summed E-state index contributed by atoms with van der Waals surface area (Å²) >= 11 is 0. The third kappa shape index (κ3) is 1.68. The highest BCUT2D eigenvalue weighted by Crippen LogP contribution is 2.18. The molecular weight excluding hydrogens is 178 g/mol. The van der Waals surface area contributed by atoms with Crippen LogP contribution in [0.5, 0.6) is 0 Å².